The summed E-state index contributed by atoms with van der Waals surface area (Å²) >= 11 is 11.4. The summed E-state index contributed by atoms with van der Waals surface area (Å²) in [6.07, 6.45) is 4.35. The molecule has 1 aromatic heterocycles. The molecule has 0 radical (unpaired) electrons. The van der Waals surface area contributed by atoms with Crippen LogP contribution in [0.25, 0.3) is 10.9 Å². The molecule has 240 valence electrons. The van der Waals surface area contributed by atoms with E-state index in [1.165, 1.54) is 11.8 Å². The van der Waals surface area contributed by atoms with Crippen LogP contribution in [0.4, 0.5) is 0 Å². The maximum absolute atomic E-state index is 15.1. The van der Waals surface area contributed by atoms with Gasteiger partial charge in [0.05, 0.1) is 12.5 Å². The number of nitrogens with zero attached hydrogens (tertiary/aromatic N) is 3. The van der Waals surface area contributed by atoms with Crippen molar-refractivity contribution in [2.45, 2.75) is 61.8 Å². The molecule has 0 spiro atoms. The standard InChI is InChI=1S/C36H38BrClN4O3S/c1-3-4-5-32(43)40-16-18-41(19-17-40)35(45)36(46-28-13-6-24(2)7-14-28)21-33(44)42(23-25-8-10-26(37)11-9-25)34(36)30-22-39-31-20-27(38)12-15-29(30)31/h6-15,20,22,34,39H,3-5,16-19,21,23H2,1-2H3. The number of rotatable bonds is 9. The zero-order chi connectivity index (χ0) is 32.4. The topological polar surface area (TPSA) is 76.7 Å². The Balaban J connectivity index is 1.44. The normalized spacial score (nSPS) is 20.1. The smallest absolute Gasteiger partial charge is 0.242 e. The number of likely N-dealkylation sites (tertiary alicyclic amines) is 1. The number of piperazine rings is 1. The number of aromatic amines is 1. The monoisotopic (exact) mass is 720 g/mol. The Morgan fingerprint density at radius 2 is 1.70 bits per heavy atom. The van der Waals surface area contributed by atoms with Crippen LogP contribution in [0.5, 0.6) is 0 Å². The van der Waals surface area contributed by atoms with Gasteiger partial charge < -0.3 is 19.7 Å². The van der Waals surface area contributed by atoms with Gasteiger partial charge in [-0.3, -0.25) is 14.4 Å². The van der Waals surface area contributed by atoms with Crippen molar-refractivity contribution < 1.29 is 14.4 Å². The summed E-state index contributed by atoms with van der Waals surface area (Å²) in [6, 6.07) is 21.2. The molecule has 7 nitrogen and oxygen atoms in total. The number of thioether (sulfide) groups is 1. The molecule has 3 heterocycles. The van der Waals surface area contributed by atoms with Gasteiger partial charge >= 0.3 is 0 Å². The maximum atomic E-state index is 15.1. The van der Waals surface area contributed by atoms with Crippen LogP contribution < -0.4 is 0 Å². The predicted octanol–water partition coefficient (Wildman–Crippen LogP) is 7.76. The van der Waals surface area contributed by atoms with Crippen molar-refractivity contribution in [2.75, 3.05) is 26.2 Å². The van der Waals surface area contributed by atoms with Gasteiger partial charge in [0.1, 0.15) is 4.75 Å². The average Bonchev–Trinajstić information content (AvgIpc) is 3.58. The number of aromatic nitrogens is 1. The summed E-state index contributed by atoms with van der Waals surface area (Å²) in [6.45, 7) is 6.33. The molecular weight excluding hydrogens is 684 g/mol. The Labute approximate surface area is 287 Å². The van der Waals surface area contributed by atoms with Crippen molar-refractivity contribution in [3.63, 3.8) is 0 Å². The molecule has 0 bridgehead atoms. The molecule has 2 atom stereocenters. The van der Waals surface area contributed by atoms with Crippen LogP contribution >= 0.6 is 39.3 Å². The maximum Gasteiger partial charge on any atom is 0.242 e. The molecule has 2 aliphatic heterocycles. The van der Waals surface area contributed by atoms with E-state index in [0.29, 0.717) is 44.2 Å². The Morgan fingerprint density at radius 1 is 1.00 bits per heavy atom. The summed E-state index contributed by atoms with van der Waals surface area (Å²) in [5.41, 5.74) is 3.84. The first-order chi connectivity index (χ1) is 22.2. The molecule has 3 aromatic carbocycles. The lowest BCUT2D eigenvalue weighted by Gasteiger charge is -2.42. The van der Waals surface area contributed by atoms with E-state index in [1.54, 1.807) is 0 Å². The SMILES string of the molecule is CCCCC(=O)N1CCN(C(=O)C2(Sc3ccc(C)cc3)CC(=O)N(Cc3ccc(Br)cc3)C2c2c[nH]c3cc(Cl)ccc23)CC1. The number of carbonyl (C=O) groups excluding carboxylic acids is 3. The first-order valence-corrected chi connectivity index (χ1v) is 17.8. The Bertz CT molecular complexity index is 1740. The molecule has 1 N–H and O–H groups in total. The number of nitrogens with one attached hydrogen (secondary N) is 1. The molecule has 2 aliphatic rings. The number of carbonyl (C=O) groups is 3. The number of halogens is 2. The number of amides is 3. The van der Waals surface area contributed by atoms with E-state index >= 15 is 4.79 Å². The third kappa shape index (κ3) is 6.60. The lowest BCUT2D eigenvalue weighted by molar-refractivity contribution is -0.141. The fourth-order valence-corrected chi connectivity index (χ4v) is 8.52. The minimum absolute atomic E-state index is 0.0570. The Morgan fingerprint density at radius 3 is 2.39 bits per heavy atom. The molecule has 4 aromatic rings. The molecule has 3 amide bonds. The van der Waals surface area contributed by atoms with Crippen molar-refractivity contribution in [1.82, 2.24) is 19.7 Å². The van der Waals surface area contributed by atoms with Gasteiger partial charge in [0.25, 0.3) is 0 Å². The van der Waals surface area contributed by atoms with Crippen molar-refractivity contribution in [3.05, 3.63) is 99.1 Å². The fourth-order valence-electron chi connectivity index (χ4n) is 6.61. The predicted molar refractivity (Wildman–Crippen MR) is 188 cm³/mol. The van der Waals surface area contributed by atoms with Crippen LogP contribution in [-0.4, -0.2) is 68.3 Å². The van der Waals surface area contributed by atoms with E-state index < -0.39 is 10.8 Å². The van der Waals surface area contributed by atoms with E-state index in [1.807, 2.05) is 94.6 Å². The third-order valence-corrected chi connectivity index (χ3v) is 11.2. The van der Waals surface area contributed by atoms with Gasteiger partial charge in [-0.05, 0) is 55.3 Å². The van der Waals surface area contributed by atoms with E-state index in [4.69, 9.17) is 11.6 Å². The second kappa shape index (κ2) is 13.8. The van der Waals surface area contributed by atoms with Gasteiger partial charge in [0.15, 0.2) is 0 Å². The second-order valence-corrected chi connectivity index (χ2v) is 15.0. The minimum atomic E-state index is -1.15. The molecule has 2 fully saturated rings. The van der Waals surface area contributed by atoms with Crippen LogP contribution in [0.1, 0.15) is 55.3 Å². The largest absolute Gasteiger partial charge is 0.361 e. The van der Waals surface area contributed by atoms with Crippen LogP contribution in [0, 0.1) is 6.92 Å². The second-order valence-electron chi connectivity index (χ2n) is 12.2. The molecule has 2 saturated heterocycles. The van der Waals surface area contributed by atoms with Gasteiger partial charge in [-0.15, -0.1) is 11.8 Å². The first kappa shape index (κ1) is 32.7. The first-order valence-electron chi connectivity index (χ1n) is 15.8. The van der Waals surface area contributed by atoms with Crippen LogP contribution in [0.3, 0.4) is 0 Å². The van der Waals surface area contributed by atoms with E-state index in [0.717, 1.165) is 49.8 Å². The quantitative estimate of drug-likeness (QED) is 0.192. The summed E-state index contributed by atoms with van der Waals surface area (Å²) in [5.74, 6) is 0.000940. The highest BCUT2D eigenvalue weighted by Crippen LogP contribution is 2.55. The van der Waals surface area contributed by atoms with Gasteiger partial charge in [0, 0.05) is 76.2 Å². The van der Waals surface area contributed by atoms with Crippen LogP contribution in [0.2, 0.25) is 5.02 Å². The lowest BCUT2D eigenvalue weighted by atomic mass is 9.90. The van der Waals surface area contributed by atoms with Gasteiger partial charge in [-0.2, -0.15) is 0 Å². The Kier molecular flexibility index (Phi) is 9.83. The number of hydrogen-bond acceptors (Lipinski definition) is 4. The van der Waals surface area contributed by atoms with E-state index in [2.05, 4.69) is 27.8 Å². The molecule has 0 saturated carbocycles. The molecule has 2 unspecified atom stereocenters. The lowest BCUT2D eigenvalue weighted by Crippen LogP contribution is -2.57. The fraction of sp³-hybridized carbons (Fsp3) is 0.361. The van der Waals surface area contributed by atoms with Crippen molar-refractivity contribution in [1.29, 1.82) is 0 Å². The van der Waals surface area contributed by atoms with Crippen LogP contribution in [0.15, 0.2) is 82.3 Å². The summed E-state index contributed by atoms with van der Waals surface area (Å²) in [7, 11) is 0. The highest BCUT2D eigenvalue weighted by molar-refractivity contribution is 9.10. The number of benzene rings is 3. The van der Waals surface area contributed by atoms with Crippen molar-refractivity contribution in [2.24, 2.45) is 0 Å². The summed E-state index contributed by atoms with van der Waals surface area (Å²) in [5, 5.41) is 1.54. The van der Waals surface area contributed by atoms with Crippen LogP contribution in [-0.2, 0) is 20.9 Å². The molecule has 10 heteroatoms. The number of H-pyrrole nitrogens is 1. The van der Waals surface area contributed by atoms with Gasteiger partial charge in [-0.1, -0.05) is 76.8 Å². The Hall–Kier alpha value is -3.27. The molecule has 6 rings (SSSR count). The van der Waals surface area contributed by atoms with E-state index in [9.17, 15) is 9.59 Å². The molecular formula is C36H38BrClN4O3S. The summed E-state index contributed by atoms with van der Waals surface area (Å²) in [4.78, 5) is 52.1. The zero-order valence-electron chi connectivity index (χ0n) is 26.1. The zero-order valence-corrected chi connectivity index (χ0v) is 29.3. The van der Waals surface area contributed by atoms with Gasteiger partial charge in [0.2, 0.25) is 17.7 Å². The minimum Gasteiger partial charge on any atom is -0.361 e. The summed E-state index contributed by atoms with van der Waals surface area (Å²) < 4.78 is -0.189. The highest BCUT2D eigenvalue weighted by Gasteiger charge is 2.59. The van der Waals surface area contributed by atoms with Crippen molar-refractivity contribution in [3.8, 4) is 0 Å². The van der Waals surface area contributed by atoms with Gasteiger partial charge in [-0.25, -0.2) is 0 Å². The average molecular weight is 722 g/mol. The van der Waals surface area contributed by atoms with E-state index in [-0.39, 0.29) is 24.1 Å². The molecule has 46 heavy (non-hydrogen) atoms. The number of hydrogen-bond donors (Lipinski definition) is 1. The number of aryl methyl sites for hydroxylation is 1. The highest BCUT2D eigenvalue weighted by atomic mass is 79.9. The third-order valence-electron chi connectivity index (χ3n) is 9.07. The number of unbranched alkanes of at least 4 members (excludes halogenated alkanes) is 1. The number of fused-ring (bicyclic) bond motifs is 1. The molecule has 0 aliphatic carbocycles. The van der Waals surface area contributed by atoms with Crippen molar-refractivity contribution >= 4 is 67.9 Å².